The number of aromatic nitrogens is 1. The highest BCUT2D eigenvalue weighted by atomic mass is 16.4. The summed E-state index contributed by atoms with van der Waals surface area (Å²) in [6, 6.07) is -10.5. The monoisotopic (exact) mass is 1370 g/mol. The van der Waals surface area contributed by atoms with Gasteiger partial charge in [-0.1, -0.05) is 106 Å². The van der Waals surface area contributed by atoms with Gasteiger partial charge in [-0.25, -0.2) is 4.79 Å². The second-order valence-electron chi connectivity index (χ2n) is 25.4. The molecule has 1 aromatic heterocycles. The van der Waals surface area contributed by atoms with Crippen molar-refractivity contribution in [2.75, 3.05) is 13.2 Å². The number of unbranched alkanes of at least 4 members (excludes halogenated alkanes) is 2. The molecule has 0 aliphatic rings. The predicted octanol–water partition coefficient (Wildman–Crippen LogP) is -4.54. The van der Waals surface area contributed by atoms with Gasteiger partial charge in [-0.2, -0.15) is 0 Å². The van der Waals surface area contributed by atoms with Gasteiger partial charge in [0.25, 0.3) is 0 Å². The van der Waals surface area contributed by atoms with E-state index in [4.69, 9.17) is 22.9 Å². The second kappa shape index (κ2) is 42.0. The first kappa shape index (κ1) is 84.2. The van der Waals surface area contributed by atoms with Crippen LogP contribution in [-0.4, -0.2) is 205 Å². The fraction of sp³-hybridized carbons (Fsp3) is 0.651. The molecule has 544 valence electrons. The standard InChI is InChI=1S/C63H103N15O19/c1-10-33(8)52(63(96)97)77-56(89)40(22-35-28-68-39-19-15-14-18-38(35)39)70-59(92)45(29-79)74-62(95)53(34(9)80)78-57(90)41(23-37(82)20-21-64)71-54(87)43(26-47(66)84)72-55(88)44(27-48(67)85)73-60(93)50(31(4)5)76-61(94)51(32(6)7)75-58(91)42(25-46(65)83)69-49(86)24-36(81)17-13-11-12-16-30(2)3/h14-15,18-19,28,30-34,36-37,40-45,50-53,68,79-82H,10-13,16-17,20-27,29,64H2,1-9H3,(H2,65,83)(H2,66,84)(H2,67,85)(H,69,86)(H,70,92)(H,71,87)(H,72,88)(H,73,93)(H,74,95)(H,75,91)(H,76,94)(H,77,89)(H,78,90)(H,96,97)/t33-,34+,36+,37?,40-,41+,42-,43-,44+,45+,50-,51-,52-,53-/m1/s1. The number of aliphatic carboxylic acids is 1. The number of aliphatic hydroxyl groups is 4. The number of carbonyl (C=O) groups is 14. The third kappa shape index (κ3) is 29.6. The molecule has 1 aromatic carbocycles. The number of nitrogens with one attached hydrogen (secondary N) is 11. The number of hydrogen-bond donors (Lipinski definition) is 20. The molecule has 0 spiro atoms. The van der Waals surface area contributed by atoms with E-state index in [1.807, 2.05) is 0 Å². The molecule has 24 N–H and O–H groups in total. The van der Waals surface area contributed by atoms with Gasteiger partial charge in [-0.15, -0.1) is 0 Å². The summed E-state index contributed by atoms with van der Waals surface area (Å²) in [6.07, 6.45) is -2.94. The van der Waals surface area contributed by atoms with E-state index in [-0.39, 0.29) is 19.4 Å². The minimum absolute atomic E-state index is 0.162. The highest BCUT2D eigenvalue weighted by molar-refractivity contribution is 6.01. The molecule has 2 aromatic rings. The van der Waals surface area contributed by atoms with E-state index in [0.717, 1.165) is 26.2 Å². The van der Waals surface area contributed by atoms with Crippen LogP contribution in [0.25, 0.3) is 10.9 Å². The summed E-state index contributed by atoms with van der Waals surface area (Å²) in [4.78, 5) is 191. The van der Waals surface area contributed by atoms with Crippen molar-refractivity contribution < 1.29 is 92.7 Å². The Morgan fingerprint density at radius 1 is 0.474 bits per heavy atom. The molecule has 1 unspecified atom stereocenters. The van der Waals surface area contributed by atoms with Crippen LogP contribution in [0.5, 0.6) is 0 Å². The molecule has 14 atom stereocenters. The Morgan fingerprint density at radius 3 is 1.40 bits per heavy atom. The first-order valence-electron chi connectivity index (χ1n) is 32.5. The molecule has 34 nitrogen and oxygen atoms in total. The van der Waals surface area contributed by atoms with Crippen LogP contribution in [0.1, 0.15) is 145 Å². The van der Waals surface area contributed by atoms with Crippen LogP contribution in [-0.2, 0) is 73.5 Å². The van der Waals surface area contributed by atoms with Crippen LogP contribution >= 0.6 is 0 Å². The summed E-state index contributed by atoms with van der Waals surface area (Å²) in [5, 5.41) is 76.6. The molecule has 0 saturated heterocycles. The van der Waals surface area contributed by atoms with Gasteiger partial charge in [0, 0.05) is 29.9 Å². The van der Waals surface area contributed by atoms with E-state index in [0.29, 0.717) is 41.6 Å². The highest BCUT2D eigenvalue weighted by Crippen LogP contribution is 2.21. The molecule has 0 saturated carbocycles. The minimum Gasteiger partial charge on any atom is -0.480 e. The van der Waals surface area contributed by atoms with Gasteiger partial charge in [0.2, 0.25) is 76.8 Å². The molecular weight excluding hydrogens is 1270 g/mol. The lowest BCUT2D eigenvalue weighted by molar-refractivity contribution is -0.144. The van der Waals surface area contributed by atoms with Crippen molar-refractivity contribution in [3.8, 4) is 0 Å². The fourth-order valence-corrected chi connectivity index (χ4v) is 10.2. The van der Waals surface area contributed by atoms with E-state index in [2.05, 4.69) is 72.0 Å². The summed E-state index contributed by atoms with van der Waals surface area (Å²) in [5.41, 5.74) is 23.2. The van der Waals surface area contributed by atoms with Gasteiger partial charge in [0.15, 0.2) is 0 Å². The van der Waals surface area contributed by atoms with Crippen LogP contribution in [0.15, 0.2) is 30.5 Å². The number of benzene rings is 1. The first-order valence-corrected chi connectivity index (χ1v) is 32.5. The number of H-pyrrole nitrogens is 1. The Kier molecular flexibility index (Phi) is 36.4. The molecule has 0 fully saturated rings. The van der Waals surface area contributed by atoms with E-state index < -0.39 is 218 Å². The zero-order chi connectivity index (χ0) is 73.6. The fourth-order valence-electron chi connectivity index (χ4n) is 10.2. The van der Waals surface area contributed by atoms with E-state index in [9.17, 15) is 92.7 Å². The van der Waals surface area contributed by atoms with Gasteiger partial charge in [0.05, 0.1) is 50.6 Å². The van der Waals surface area contributed by atoms with Crippen LogP contribution in [0.4, 0.5) is 0 Å². The Balaban J connectivity index is 2.40. The number of carbonyl (C=O) groups excluding carboxylic acids is 13. The maximum Gasteiger partial charge on any atom is 0.326 e. The molecular formula is C63H103N15O19. The molecule has 34 heteroatoms. The summed E-state index contributed by atoms with van der Waals surface area (Å²) in [5.74, 6) is -17.7. The van der Waals surface area contributed by atoms with Gasteiger partial charge in [-0.3, -0.25) is 62.3 Å². The van der Waals surface area contributed by atoms with Gasteiger partial charge in [0.1, 0.15) is 60.4 Å². The van der Waals surface area contributed by atoms with Crippen molar-refractivity contribution in [3.05, 3.63) is 36.0 Å². The van der Waals surface area contributed by atoms with Crippen molar-refractivity contribution in [2.45, 2.75) is 225 Å². The Morgan fingerprint density at radius 2 is 0.897 bits per heavy atom. The number of primary amides is 3. The average molecular weight is 1370 g/mol. The maximum absolute atomic E-state index is 14.2. The topological polar surface area (TPSA) is 580 Å². The summed E-state index contributed by atoms with van der Waals surface area (Å²) in [6.45, 7) is 13.2. The number of carboxylic acid groups (broad SMARTS) is 1. The molecule has 0 radical (unpaired) electrons. The zero-order valence-electron chi connectivity index (χ0n) is 56.6. The smallest absolute Gasteiger partial charge is 0.326 e. The number of fused-ring (bicyclic) bond motifs is 1. The highest BCUT2D eigenvalue weighted by Gasteiger charge is 2.39. The molecule has 0 aliphatic heterocycles. The quantitative estimate of drug-likeness (QED) is 0.0278. The Bertz CT molecular complexity index is 3010. The van der Waals surface area contributed by atoms with Crippen LogP contribution in [0, 0.1) is 23.7 Å². The molecule has 2 rings (SSSR count). The maximum atomic E-state index is 14.2. The lowest BCUT2D eigenvalue weighted by Gasteiger charge is -2.30. The number of hydrogen-bond acceptors (Lipinski definition) is 19. The number of para-hydroxylation sites is 1. The summed E-state index contributed by atoms with van der Waals surface area (Å²) >= 11 is 0. The van der Waals surface area contributed by atoms with Crippen molar-refractivity contribution >= 4 is 93.7 Å². The van der Waals surface area contributed by atoms with E-state index >= 15 is 0 Å². The van der Waals surface area contributed by atoms with Crippen molar-refractivity contribution in [1.82, 2.24) is 58.2 Å². The molecule has 0 bridgehead atoms. The predicted molar refractivity (Wildman–Crippen MR) is 351 cm³/mol. The van der Waals surface area contributed by atoms with Crippen molar-refractivity contribution in [2.24, 2.45) is 46.6 Å². The van der Waals surface area contributed by atoms with Gasteiger partial charge in [-0.05, 0) is 61.6 Å². The SMILES string of the molecule is CC[C@@H](C)[C@@H](NC(=O)[C@@H](Cc1c[nH]c2ccccc12)NC(=O)[C@H](CO)NC(=O)[C@H](NC(=O)[C@H](CC(O)CCN)NC(=O)[C@@H](CC(N)=O)NC(=O)[C@H](CC(N)=O)NC(=O)[C@H](NC(=O)[C@H](NC(=O)[C@@H](CC(N)=O)NC(=O)C[C@@H](O)CCCCCC(C)C)C(C)C)C(C)C)[C@H](C)O)C(=O)O. The lowest BCUT2D eigenvalue weighted by Crippen LogP contribution is -2.63. The lowest BCUT2D eigenvalue weighted by atomic mass is 9.98. The van der Waals surface area contributed by atoms with E-state index in [1.165, 1.54) is 27.7 Å². The number of nitrogens with two attached hydrogens (primary N) is 4. The third-order valence-corrected chi connectivity index (χ3v) is 15.9. The second-order valence-corrected chi connectivity index (χ2v) is 25.4. The normalized spacial score (nSPS) is 15.8. The van der Waals surface area contributed by atoms with Crippen LogP contribution < -0.4 is 76.1 Å². The first-order chi connectivity index (χ1) is 45.4. The Hall–Kier alpha value is -8.86. The summed E-state index contributed by atoms with van der Waals surface area (Å²) in [7, 11) is 0. The van der Waals surface area contributed by atoms with Gasteiger partial charge < -0.3 is 107 Å². The molecule has 0 aliphatic carbocycles. The van der Waals surface area contributed by atoms with Crippen molar-refractivity contribution in [1.29, 1.82) is 0 Å². The molecule has 1 heterocycles. The number of carboxylic acids is 1. The third-order valence-electron chi connectivity index (χ3n) is 15.9. The number of aromatic amines is 1. The molecule has 13 amide bonds. The van der Waals surface area contributed by atoms with E-state index in [1.54, 1.807) is 44.3 Å². The summed E-state index contributed by atoms with van der Waals surface area (Å²) < 4.78 is 0. The Labute approximate surface area is 562 Å². The van der Waals surface area contributed by atoms with Crippen LogP contribution in [0.3, 0.4) is 0 Å². The number of rotatable bonds is 46. The largest absolute Gasteiger partial charge is 0.480 e. The minimum atomic E-state index is -2.06. The molecule has 97 heavy (non-hydrogen) atoms. The van der Waals surface area contributed by atoms with Crippen LogP contribution in [0.2, 0.25) is 0 Å². The number of amides is 13. The number of aliphatic hydroxyl groups excluding tert-OH is 4. The van der Waals surface area contributed by atoms with Gasteiger partial charge >= 0.3 is 5.97 Å². The zero-order valence-corrected chi connectivity index (χ0v) is 56.6. The average Bonchev–Trinajstić information content (AvgIpc) is 1.76. The van der Waals surface area contributed by atoms with Crippen molar-refractivity contribution in [3.63, 3.8) is 0 Å².